The van der Waals surface area contributed by atoms with Crippen molar-refractivity contribution in [3.05, 3.63) is 42.2 Å². The fraction of sp³-hybridized carbons (Fsp3) is 0.182. The van der Waals surface area contributed by atoms with Crippen molar-refractivity contribution in [2.24, 2.45) is 5.73 Å². The molecule has 0 bridgehead atoms. The molecule has 6 heteroatoms. The quantitative estimate of drug-likeness (QED) is 0.791. The zero-order valence-corrected chi connectivity index (χ0v) is 9.81. The van der Waals surface area contributed by atoms with Crippen LogP contribution in [0, 0.1) is 11.3 Å². The third-order valence-corrected chi connectivity index (χ3v) is 3.39. The van der Waals surface area contributed by atoms with Crippen LogP contribution in [0.25, 0.3) is 0 Å². The Morgan fingerprint density at radius 1 is 1.41 bits per heavy atom. The molecule has 5 nitrogen and oxygen atoms in total. The lowest BCUT2D eigenvalue weighted by Crippen LogP contribution is -2.37. The highest BCUT2D eigenvalue weighted by molar-refractivity contribution is 7.99. The molecule has 0 aliphatic heterocycles. The number of aromatic nitrogens is 3. The van der Waals surface area contributed by atoms with Gasteiger partial charge in [0.1, 0.15) is 11.9 Å². The second kappa shape index (κ2) is 4.99. The summed E-state index contributed by atoms with van der Waals surface area (Å²) in [6, 6.07) is 11.5. The summed E-state index contributed by atoms with van der Waals surface area (Å²) in [5.41, 5.74) is 5.88. The number of hydrogen-bond donors (Lipinski definition) is 2. The first-order valence-corrected chi connectivity index (χ1v) is 5.97. The zero-order valence-electron chi connectivity index (χ0n) is 9.00. The van der Waals surface area contributed by atoms with Crippen LogP contribution in [0.1, 0.15) is 5.56 Å². The largest absolute Gasteiger partial charge is 0.309 e. The van der Waals surface area contributed by atoms with E-state index in [0.717, 1.165) is 5.56 Å². The number of nitrogens with zero attached hydrogens (tertiary/aromatic N) is 3. The molecule has 0 fully saturated rings. The van der Waals surface area contributed by atoms with Crippen molar-refractivity contribution >= 4 is 11.8 Å². The molecule has 0 spiro atoms. The minimum atomic E-state index is -1.02. The molecule has 0 saturated carbocycles. The van der Waals surface area contributed by atoms with Crippen molar-refractivity contribution in [3.8, 4) is 6.07 Å². The summed E-state index contributed by atoms with van der Waals surface area (Å²) in [4.78, 5) is 3.98. The Kier molecular flexibility index (Phi) is 3.42. The van der Waals surface area contributed by atoms with Crippen LogP contribution in [0.15, 0.2) is 41.8 Å². The molecule has 1 atom stereocenters. The van der Waals surface area contributed by atoms with Crippen LogP contribution in [0.2, 0.25) is 0 Å². The number of benzene rings is 1. The number of nitrogens with two attached hydrogens (primary N) is 1. The average molecular weight is 245 g/mol. The fourth-order valence-corrected chi connectivity index (χ4v) is 2.20. The van der Waals surface area contributed by atoms with Gasteiger partial charge in [0.15, 0.2) is 5.16 Å². The van der Waals surface area contributed by atoms with Crippen molar-refractivity contribution in [1.82, 2.24) is 15.2 Å². The molecule has 0 radical (unpaired) electrons. The van der Waals surface area contributed by atoms with E-state index in [4.69, 9.17) is 5.73 Å². The summed E-state index contributed by atoms with van der Waals surface area (Å²) < 4.78 is 0. The Balaban J connectivity index is 2.13. The average Bonchev–Trinajstić information content (AvgIpc) is 2.90. The zero-order chi connectivity index (χ0) is 12.1. The first-order valence-electron chi connectivity index (χ1n) is 4.98. The molecule has 86 valence electrons. The van der Waals surface area contributed by atoms with Crippen molar-refractivity contribution in [3.63, 3.8) is 0 Å². The summed E-state index contributed by atoms with van der Waals surface area (Å²) in [7, 11) is 0. The number of H-pyrrole nitrogens is 1. The standard InChI is InChI=1S/C11H11N5S/c12-6-11(13,9-4-2-1-3-5-9)7-17-10-14-8-15-16-10/h1-5,8H,7,13H2,(H,14,15,16). The van der Waals surface area contributed by atoms with Crippen LogP contribution in [-0.2, 0) is 5.54 Å². The topological polar surface area (TPSA) is 91.4 Å². The molecule has 0 amide bonds. The monoisotopic (exact) mass is 245 g/mol. The van der Waals surface area contributed by atoms with Gasteiger partial charge in [-0.2, -0.15) is 10.4 Å². The maximum absolute atomic E-state index is 9.23. The first-order chi connectivity index (χ1) is 8.24. The van der Waals surface area contributed by atoms with Crippen LogP contribution in [0.4, 0.5) is 0 Å². The van der Waals surface area contributed by atoms with Gasteiger partial charge in [0.2, 0.25) is 0 Å². The van der Waals surface area contributed by atoms with E-state index in [9.17, 15) is 5.26 Å². The molecule has 3 N–H and O–H groups in total. The van der Waals surface area contributed by atoms with Crippen molar-refractivity contribution in [1.29, 1.82) is 5.26 Å². The molecule has 0 aliphatic carbocycles. The summed E-state index contributed by atoms with van der Waals surface area (Å²) in [6.45, 7) is 0. The highest BCUT2D eigenvalue weighted by atomic mass is 32.2. The molecule has 1 unspecified atom stereocenters. The smallest absolute Gasteiger partial charge is 0.183 e. The Labute approximate surface area is 103 Å². The Morgan fingerprint density at radius 3 is 2.76 bits per heavy atom. The van der Waals surface area contributed by atoms with Crippen LogP contribution in [0.5, 0.6) is 0 Å². The van der Waals surface area contributed by atoms with Gasteiger partial charge in [0.05, 0.1) is 6.07 Å². The maximum Gasteiger partial charge on any atom is 0.183 e. The van der Waals surface area contributed by atoms with Crippen molar-refractivity contribution in [2.75, 3.05) is 5.75 Å². The van der Waals surface area contributed by atoms with E-state index in [-0.39, 0.29) is 0 Å². The SMILES string of the molecule is N#CC(N)(CSc1ncn[nH]1)c1ccccc1. The van der Waals surface area contributed by atoms with Gasteiger partial charge in [-0.15, -0.1) is 0 Å². The van der Waals surface area contributed by atoms with E-state index >= 15 is 0 Å². The second-order valence-electron chi connectivity index (χ2n) is 3.53. The highest BCUT2D eigenvalue weighted by Crippen LogP contribution is 2.25. The molecule has 1 heterocycles. The van der Waals surface area contributed by atoms with Crippen LogP contribution < -0.4 is 5.73 Å². The molecule has 2 rings (SSSR count). The molecule has 0 saturated heterocycles. The third-order valence-electron chi connectivity index (χ3n) is 2.32. The lowest BCUT2D eigenvalue weighted by Gasteiger charge is -2.20. The first kappa shape index (κ1) is 11.6. The maximum atomic E-state index is 9.23. The predicted octanol–water partition coefficient (Wildman–Crippen LogP) is 1.27. The van der Waals surface area contributed by atoms with Gasteiger partial charge < -0.3 is 5.73 Å². The number of nitrogens with one attached hydrogen (secondary N) is 1. The molecule has 1 aromatic carbocycles. The van der Waals surface area contributed by atoms with Crippen LogP contribution >= 0.6 is 11.8 Å². The van der Waals surface area contributed by atoms with Crippen molar-refractivity contribution < 1.29 is 0 Å². The lowest BCUT2D eigenvalue weighted by atomic mass is 9.95. The molecule has 1 aromatic heterocycles. The van der Waals surface area contributed by atoms with E-state index in [1.165, 1.54) is 18.1 Å². The second-order valence-corrected chi connectivity index (χ2v) is 4.49. The molecular formula is C11H11N5S. The number of rotatable bonds is 4. The van der Waals surface area contributed by atoms with Gasteiger partial charge in [-0.25, -0.2) is 4.98 Å². The van der Waals surface area contributed by atoms with Crippen LogP contribution in [0.3, 0.4) is 0 Å². The number of hydrogen-bond acceptors (Lipinski definition) is 5. The highest BCUT2D eigenvalue weighted by Gasteiger charge is 2.27. The predicted molar refractivity (Wildman–Crippen MR) is 65.0 cm³/mol. The van der Waals surface area contributed by atoms with Gasteiger partial charge in [-0.1, -0.05) is 42.1 Å². The van der Waals surface area contributed by atoms with E-state index in [2.05, 4.69) is 21.3 Å². The normalized spacial score (nSPS) is 13.9. The number of thioether (sulfide) groups is 1. The Hall–Kier alpha value is -1.84. The lowest BCUT2D eigenvalue weighted by molar-refractivity contribution is 0.657. The minimum Gasteiger partial charge on any atom is -0.309 e. The molecule has 17 heavy (non-hydrogen) atoms. The van der Waals surface area contributed by atoms with Crippen LogP contribution in [-0.4, -0.2) is 20.9 Å². The van der Waals surface area contributed by atoms with E-state index in [0.29, 0.717) is 10.9 Å². The van der Waals surface area contributed by atoms with E-state index in [1.54, 1.807) is 0 Å². The summed E-state index contributed by atoms with van der Waals surface area (Å²) in [5.74, 6) is 0.419. The van der Waals surface area contributed by atoms with E-state index in [1.807, 2.05) is 30.3 Å². The minimum absolute atomic E-state index is 0.419. The Bertz CT molecular complexity index is 504. The summed E-state index contributed by atoms with van der Waals surface area (Å²) >= 11 is 1.38. The summed E-state index contributed by atoms with van der Waals surface area (Å²) in [5, 5.41) is 16.4. The fourth-order valence-electron chi connectivity index (χ4n) is 1.36. The summed E-state index contributed by atoms with van der Waals surface area (Å²) in [6.07, 6.45) is 1.43. The number of nitriles is 1. The Morgan fingerprint density at radius 2 is 2.18 bits per heavy atom. The number of aromatic amines is 1. The van der Waals surface area contributed by atoms with Gasteiger partial charge >= 0.3 is 0 Å². The van der Waals surface area contributed by atoms with Gasteiger partial charge in [0, 0.05) is 5.75 Å². The molecule has 2 aromatic rings. The third kappa shape index (κ3) is 2.64. The van der Waals surface area contributed by atoms with Gasteiger partial charge in [0.25, 0.3) is 0 Å². The molecular weight excluding hydrogens is 234 g/mol. The van der Waals surface area contributed by atoms with E-state index < -0.39 is 5.54 Å². The molecule has 0 aliphatic rings. The van der Waals surface area contributed by atoms with Gasteiger partial charge in [-0.3, -0.25) is 5.10 Å². The van der Waals surface area contributed by atoms with Gasteiger partial charge in [-0.05, 0) is 5.56 Å². The van der Waals surface area contributed by atoms with Crippen molar-refractivity contribution in [2.45, 2.75) is 10.7 Å².